The molecule has 0 spiro atoms. The van der Waals surface area contributed by atoms with Gasteiger partial charge < -0.3 is 4.57 Å². The first-order valence-corrected chi connectivity index (χ1v) is 19.0. The van der Waals surface area contributed by atoms with Crippen LogP contribution in [-0.4, -0.2) is 19.1 Å². The van der Waals surface area contributed by atoms with Crippen LogP contribution in [0.3, 0.4) is 0 Å². The second kappa shape index (κ2) is 13.1. The van der Waals surface area contributed by atoms with Crippen LogP contribution in [0.25, 0.3) is 100 Å². The van der Waals surface area contributed by atoms with Crippen molar-refractivity contribution in [2.75, 3.05) is 0 Å². The smallest absolute Gasteiger partial charge is 0.162 e. The number of benzene rings is 8. The molecule has 8 aromatic carbocycles. The zero-order valence-electron chi connectivity index (χ0n) is 30.4. The molecule has 56 heavy (non-hydrogen) atoms. The lowest BCUT2D eigenvalue weighted by molar-refractivity contribution is 1.05. The fourth-order valence-corrected chi connectivity index (χ4v) is 8.42. The standard InChI is InChI=1S/C52H34N4/c1-5-17-35(18-6-1)39-29-30-40(36-19-7-2-8-20-36)48(33-39)55-46-28-16-14-26-43(46)50-47(55)32-31-42-41-25-13-15-27-45(41)56(51(42)50)49-34-44(37-21-9-3-10-22-37)53-52(54-49)38-23-11-4-12-24-38/h1-34H. The van der Waals surface area contributed by atoms with Gasteiger partial charge in [-0.3, -0.25) is 4.57 Å². The molecule has 0 aliphatic rings. The summed E-state index contributed by atoms with van der Waals surface area (Å²) in [7, 11) is 0. The van der Waals surface area contributed by atoms with Crippen molar-refractivity contribution in [1.29, 1.82) is 0 Å². The molecule has 11 aromatic rings. The minimum atomic E-state index is 0.688. The van der Waals surface area contributed by atoms with Gasteiger partial charge in [-0.1, -0.05) is 176 Å². The molecule has 0 aliphatic heterocycles. The Kier molecular flexibility index (Phi) is 7.46. The maximum Gasteiger partial charge on any atom is 0.162 e. The van der Waals surface area contributed by atoms with E-state index in [0.29, 0.717) is 5.82 Å². The summed E-state index contributed by atoms with van der Waals surface area (Å²) in [5.74, 6) is 1.51. The van der Waals surface area contributed by atoms with Crippen molar-refractivity contribution in [2.45, 2.75) is 0 Å². The predicted octanol–water partition coefficient (Wildman–Crippen LogP) is 13.3. The van der Waals surface area contributed by atoms with Crippen LogP contribution in [-0.2, 0) is 0 Å². The highest BCUT2D eigenvalue weighted by Gasteiger charge is 2.23. The lowest BCUT2D eigenvalue weighted by Crippen LogP contribution is -2.03. The van der Waals surface area contributed by atoms with Crippen molar-refractivity contribution >= 4 is 43.6 Å². The average molecular weight is 715 g/mol. The summed E-state index contributed by atoms with van der Waals surface area (Å²) in [5, 5.41) is 4.72. The summed E-state index contributed by atoms with van der Waals surface area (Å²) in [6, 6.07) is 73.2. The fourth-order valence-electron chi connectivity index (χ4n) is 8.42. The molecule has 0 bridgehead atoms. The zero-order chi connectivity index (χ0) is 37.0. The van der Waals surface area contributed by atoms with Crippen LogP contribution < -0.4 is 0 Å². The van der Waals surface area contributed by atoms with Crippen LogP contribution in [0.5, 0.6) is 0 Å². The van der Waals surface area contributed by atoms with Crippen molar-refractivity contribution in [1.82, 2.24) is 19.1 Å². The lowest BCUT2D eigenvalue weighted by atomic mass is 9.98. The first-order valence-electron chi connectivity index (χ1n) is 19.0. The van der Waals surface area contributed by atoms with E-state index in [1.54, 1.807) is 0 Å². The molecular formula is C52H34N4. The lowest BCUT2D eigenvalue weighted by Gasteiger charge is -2.16. The summed E-state index contributed by atoms with van der Waals surface area (Å²) < 4.78 is 4.83. The van der Waals surface area contributed by atoms with Crippen molar-refractivity contribution in [3.8, 4) is 56.4 Å². The minimum Gasteiger partial charge on any atom is -0.309 e. The van der Waals surface area contributed by atoms with E-state index in [0.717, 1.165) is 50.4 Å². The molecule has 4 nitrogen and oxygen atoms in total. The Morgan fingerprint density at radius 1 is 0.339 bits per heavy atom. The van der Waals surface area contributed by atoms with Crippen molar-refractivity contribution in [3.63, 3.8) is 0 Å². The molecule has 0 unspecified atom stereocenters. The molecule has 0 aliphatic carbocycles. The molecule has 0 saturated heterocycles. The Labute approximate surface area is 324 Å². The third kappa shape index (κ3) is 5.15. The molecule has 262 valence electrons. The Morgan fingerprint density at radius 3 is 1.61 bits per heavy atom. The summed E-state index contributed by atoms with van der Waals surface area (Å²) in [4.78, 5) is 10.5. The van der Waals surface area contributed by atoms with E-state index in [-0.39, 0.29) is 0 Å². The van der Waals surface area contributed by atoms with Gasteiger partial charge in [0.15, 0.2) is 5.82 Å². The maximum absolute atomic E-state index is 5.37. The van der Waals surface area contributed by atoms with E-state index in [1.807, 2.05) is 24.3 Å². The number of rotatable bonds is 6. The predicted molar refractivity (Wildman–Crippen MR) is 232 cm³/mol. The van der Waals surface area contributed by atoms with Crippen LogP contribution in [0, 0.1) is 0 Å². The Hall–Kier alpha value is -7.56. The van der Waals surface area contributed by atoms with Gasteiger partial charge in [0.2, 0.25) is 0 Å². The van der Waals surface area contributed by atoms with Crippen LogP contribution >= 0.6 is 0 Å². The Bertz CT molecular complexity index is 3160. The van der Waals surface area contributed by atoms with Gasteiger partial charge >= 0.3 is 0 Å². The highest BCUT2D eigenvalue weighted by atomic mass is 15.1. The molecule has 3 aromatic heterocycles. The van der Waals surface area contributed by atoms with E-state index >= 15 is 0 Å². The van der Waals surface area contributed by atoms with Gasteiger partial charge in [0.05, 0.1) is 33.4 Å². The number of hydrogen-bond donors (Lipinski definition) is 0. The van der Waals surface area contributed by atoms with Crippen molar-refractivity contribution < 1.29 is 0 Å². The molecule has 3 heterocycles. The van der Waals surface area contributed by atoms with Gasteiger partial charge in [0, 0.05) is 44.3 Å². The van der Waals surface area contributed by atoms with Crippen LogP contribution in [0.2, 0.25) is 0 Å². The van der Waals surface area contributed by atoms with Gasteiger partial charge in [0.1, 0.15) is 5.82 Å². The normalized spacial score (nSPS) is 11.6. The summed E-state index contributed by atoms with van der Waals surface area (Å²) >= 11 is 0. The second-order valence-electron chi connectivity index (χ2n) is 14.2. The fraction of sp³-hybridized carbons (Fsp3) is 0. The topological polar surface area (TPSA) is 35.6 Å². The van der Waals surface area contributed by atoms with Gasteiger partial charge in [-0.25, -0.2) is 9.97 Å². The molecule has 0 N–H and O–H groups in total. The summed E-state index contributed by atoms with van der Waals surface area (Å²) in [6.45, 7) is 0. The number of aromatic nitrogens is 4. The first-order chi connectivity index (χ1) is 27.8. The van der Waals surface area contributed by atoms with Crippen LogP contribution in [0.1, 0.15) is 0 Å². The second-order valence-corrected chi connectivity index (χ2v) is 14.2. The molecule has 11 rings (SSSR count). The third-order valence-corrected chi connectivity index (χ3v) is 10.9. The number of nitrogens with zero attached hydrogens (tertiary/aromatic N) is 4. The Balaban J connectivity index is 1.27. The quantitative estimate of drug-likeness (QED) is 0.172. The molecular weight excluding hydrogens is 681 g/mol. The van der Waals surface area contributed by atoms with E-state index in [2.05, 4.69) is 191 Å². The van der Waals surface area contributed by atoms with Crippen molar-refractivity contribution in [3.05, 3.63) is 206 Å². The summed E-state index contributed by atoms with van der Waals surface area (Å²) in [6.07, 6.45) is 0. The van der Waals surface area contributed by atoms with E-state index in [9.17, 15) is 0 Å². The molecule has 0 amide bonds. The number of hydrogen-bond acceptors (Lipinski definition) is 2. The molecule has 0 saturated carbocycles. The van der Waals surface area contributed by atoms with E-state index in [4.69, 9.17) is 9.97 Å². The van der Waals surface area contributed by atoms with Crippen LogP contribution in [0.4, 0.5) is 0 Å². The van der Waals surface area contributed by atoms with Crippen LogP contribution in [0.15, 0.2) is 206 Å². The molecule has 0 atom stereocenters. The highest BCUT2D eigenvalue weighted by Crippen LogP contribution is 2.44. The SMILES string of the molecule is c1ccc(-c2ccc(-c3ccccc3)c(-n3c4ccccc4c4c3ccc3c5ccccc5n(-c5cc(-c6ccccc6)nc(-c6ccccc6)n5)c34)c2)cc1. The average Bonchev–Trinajstić information content (AvgIpc) is 3.80. The molecule has 0 radical (unpaired) electrons. The first kappa shape index (κ1) is 31.9. The van der Waals surface area contributed by atoms with E-state index < -0.39 is 0 Å². The Morgan fingerprint density at radius 2 is 0.911 bits per heavy atom. The largest absolute Gasteiger partial charge is 0.309 e. The maximum atomic E-state index is 5.37. The van der Waals surface area contributed by atoms with Gasteiger partial charge in [-0.2, -0.15) is 0 Å². The van der Waals surface area contributed by atoms with E-state index in [1.165, 1.54) is 43.8 Å². The van der Waals surface area contributed by atoms with Crippen molar-refractivity contribution in [2.24, 2.45) is 0 Å². The highest BCUT2D eigenvalue weighted by molar-refractivity contribution is 6.26. The summed E-state index contributed by atoms with van der Waals surface area (Å²) in [5.41, 5.74) is 13.2. The minimum absolute atomic E-state index is 0.688. The monoisotopic (exact) mass is 714 g/mol. The van der Waals surface area contributed by atoms with Gasteiger partial charge in [-0.05, 0) is 41.0 Å². The van der Waals surface area contributed by atoms with Gasteiger partial charge in [-0.15, -0.1) is 0 Å². The molecule has 0 fully saturated rings. The number of fused-ring (bicyclic) bond motifs is 7. The zero-order valence-corrected chi connectivity index (χ0v) is 30.4. The third-order valence-electron chi connectivity index (χ3n) is 10.9. The van der Waals surface area contributed by atoms with Gasteiger partial charge in [0.25, 0.3) is 0 Å². The molecule has 4 heteroatoms. The number of para-hydroxylation sites is 2.